The lowest BCUT2D eigenvalue weighted by molar-refractivity contribution is 0.0677. The van der Waals surface area contributed by atoms with Gasteiger partial charge in [-0.1, -0.05) is 36.5 Å². The summed E-state index contributed by atoms with van der Waals surface area (Å²) in [6.07, 6.45) is 3.28. The van der Waals surface area contributed by atoms with Crippen LogP contribution in [0, 0.1) is 0 Å². The summed E-state index contributed by atoms with van der Waals surface area (Å²) in [4.78, 5) is 18.6. The van der Waals surface area contributed by atoms with Gasteiger partial charge in [-0.3, -0.25) is 0 Å². The number of carbonyl (C=O) groups is 1. The van der Waals surface area contributed by atoms with Crippen LogP contribution in [0.15, 0.2) is 47.4 Å². The lowest BCUT2D eigenvalue weighted by atomic mass is 10.1. The first-order valence-corrected chi connectivity index (χ1v) is 13.3. The Morgan fingerprint density at radius 1 is 1.12 bits per heavy atom. The number of amides is 1. The Morgan fingerprint density at radius 3 is 2.47 bits per heavy atom. The zero-order chi connectivity index (χ0) is 22.7. The van der Waals surface area contributed by atoms with Crippen molar-refractivity contribution < 1.29 is 22.7 Å². The second kappa shape index (κ2) is 9.46. The Morgan fingerprint density at radius 2 is 1.81 bits per heavy atom. The van der Waals surface area contributed by atoms with Gasteiger partial charge in [0, 0.05) is 32.2 Å². The van der Waals surface area contributed by atoms with Gasteiger partial charge in [-0.05, 0) is 41.8 Å². The molecule has 1 fully saturated rings. The van der Waals surface area contributed by atoms with Gasteiger partial charge in [-0.15, -0.1) is 0 Å². The van der Waals surface area contributed by atoms with Crippen LogP contribution < -0.4 is 4.74 Å². The number of sulfone groups is 1. The van der Waals surface area contributed by atoms with Crippen LogP contribution in [0.4, 0.5) is 4.79 Å². The number of thiazole rings is 1. The molecule has 2 aromatic carbocycles. The predicted molar refractivity (Wildman–Crippen MR) is 125 cm³/mol. The summed E-state index contributed by atoms with van der Waals surface area (Å²) in [7, 11) is -3.21. The first-order valence-electron chi connectivity index (χ1n) is 10.6. The van der Waals surface area contributed by atoms with E-state index in [0.717, 1.165) is 40.6 Å². The zero-order valence-corrected chi connectivity index (χ0v) is 19.7. The van der Waals surface area contributed by atoms with Gasteiger partial charge in [0.15, 0.2) is 9.84 Å². The molecule has 0 radical (unpaired) electrons. The van der Waals surface area contributed by atoms with Gasteiger partial charge in [0.05, 0.1) is 21.7 Å². The number of likely N-dealkylation sites (tertiary alicyclic amines) is 1. The van der Waals surface area contributed by atoms with Gasteiger partial charge in [-0.25, -0.2) is 18.2 Å². The third kappa shape index (κ3) is 5.21. The van der Waals surface area contributed by atoms with Crippen molar-refractivity contribution in [3.8, 4) is 16.3 Å². The summed E-state index contributed by atoms with van der Waals surface area (Å²) in [5.74, 6) is 0. The highest BCUT2D eigenvalue weighted by Gasteiger charge is 2.25. The van der Waals surface area contributed by atoms with Gasteiger partial charge in [-0.2, -0.15) is 0 Å². The molecule has 9 heteroatoms. The smallest absolute Gasteiger partial charge is 0.409 e. The standard InChI is InChI=1S/C23H26N2O5S2/c1-3-14-29-23(26)25-12-10-18(11-13-25)30-22-24-20-9-6-17(15-21(20)31-22)16-4-7-19(8-5-16)32(2,27)28/h4-9,15,18H,3,10-14H2,1-2H3. The monoisotopic (exact) mass is 474 g/mol. The second-order valence-electron chi connectivity index (χ2n) is 7.88. The van der Waals surface area contributed by atoms with Crippen molar-refractivity contribution in [2.24, 2.45) is 0 Å². The Labute approximate surface area is 191 Å². The Hall–Kier alpha value is -2.65. The number of rotatable bonds is 6. The second-order valence-corrected chi connectivity index (χ2v) is 10.9. The van der Waals surface area contributed by atoms with Crippen LogP contribution in [0.5, 0.6) is 5.19 Å². The van der Waals surface area contributed by atoms with E-state index in [-0.39, 0.29) is 12.2 Å². The molecule has 0 bridgehead atoms. The summed E-state index contributed by atoms with van der Waals surface area (Å²) in [6.45, 7) is 3.66. The van der Waals surface area contributed by atoms with Crippen LogP contribution >= 0.6 is 11.3 Å². The Bertz CT molecular complexity index is 1200. The molecule has 0 atom stereocenters. The molecule has 0 aliphatic carbocycles. The maximum atomic E-state index is 12.0. The number of hydrogen-bond donors (Lipinski definition) is 0. The molecule has 4 rings (SSSR count). The van der Waals surface area contributed by atoms with Gasteiger partial charge in [0.2, 0.25) is 0 Å². The topological polar surface area (TPSA) is 85.8 Å². The molecule has 170 valence electrons. The van der Waals surface area contributed by atoms with Crippen LogP contribution in [-0.4, -0.2) is 56.5 Å². The first-order chi connectivity index (χ1) is 15.3. The summed E-state index contributed by atoms with van der Waals surface area (Å²) in [6, 6.07) is 12.8. The lowest BCUT2D eigenvalue weighted by Gasteiger charge is -2.30. The third-order valence-corrected chi connectivity index (χ3v) is 7.42. The predicted octanol–water partition coefficient (Wildman–Crippen LogP) is 4.76. The number of nitrogens with zero attached hydrogens (tertiary/aromatic N) is 2. The third-order valence-electron chi connectivity index (χ3n) is 5.38. The molecular formula is C23H26N2O5S2. The fourth-order valence-electron chi connectivity index (χ4n) is 3.61. The quantitative estimate of drug-likeness (QED) is 0.512. The van der Waals surface area contributed by atoms with E-state index >= 15 is 0 Å². The molecule has 1 aliphatic rings. The van der Waals surface area contributed by atoms with Crippen LogP contribution in [0.2, 0.25) is 0 Å². The van der Waals surface area contributed by atoms with E-state index in [1.54, 1.807) is 17.0 Å². The van der Waals surface area contributed by atoms with Crippen molar-refractivity contribution in [2.75, 3.05) is 26.0 Å². The number of aromatic nitrogens is 1. The number of hydrogen-bond acceptors (Lipinski definition) is 7. The van der Waals surface area contributed by atoms with E-state index < -0.39 is 9.84 Å². The van der Waals surface area contributed by atoms with Crippen molar-refractivity contribution in [1.29, 1.82) is 0 Å². The van der Waals surface area contributed by atoms with Crippen molar-refractivity contribution >= 4 is 37.5 Å². The number of piperidine rings is 1. The minimum Gasteiger partial charge on any atom is -0.467 e. The van der Waals surface area contributed by atoms with Gasteiger partial charge >= 0.3 is 6.09 Å². The minimum absolute atomic E-state index is 0.0220. The molecular weight excluding hydrogens is 448 g/mol. The average Bonchev–Trinajstić information content (AvgIpc) is 3.19. The van der Waals surface area contributed by atoms with E-state index in [1.165, 1.54) is 17.6 Å². The minimum atomic E-state index is -3.21. The SMILES string of the molecule is CCCOC(=O)N1CCC(Oc2nc3ccc(-c4ccc(S(C)(=O)=O)cc4)cc3s2)CC1. The molecule has 1 saturated heterocycles. The zero-order valence-electron chi connectivity index (χ0n) is 18.1. The summed E-state index contributed by atoms with van der Waals surface area (Å²) >= 11 is 1.49. The Balaban J connectivity index is 1.41. The van der Waals surface area contributed by atoms with Crippen molar-refractivity contribution in [1.82, 2.24) is 9.88 Å². The number of ether oxygens (including phenoxy) is 2. The number of fused-ring (bicyclic) bond motifs is 1. The average molecular weight is 475 g/mol. The van der Waals surface area contributed by atoms with Crippen LogP contribution in [0.3, 0.4) is 0 Å². The Kier molecular flexibility index (Phi) is 6.66. The molecule has 1 aromatic heterocycles. The highest BCUT2D eigenvalue weighted by Crippen LogP contribution is 2.33. The molecule has 0 saturated carbocycles. The van der Waals surface area contributed by atoms with E-state index in [9.17, 15) is 13.2 Å². The molecule has 0 N–H and O–H groups in total. The summed E-state index contributed by atoms with van der Waals surface area (Å²) in [5, 5.41) is 0.622. The largest absolute Gasteiger partial charge is 0.467 e. The maximum absolute atomic E-state index is 12.0. The van der Waals surface area contributed by atoms with E-state index in [4.69, 9.17) is 9.47 Å². The van der Waals surface area contributed by atoms with Crippen molar-refractivity contribution in [2.45, 2.75) is 37.2 Å². The molecule has 3 aromatic rings. The van der Waals surface area contributed by atoms with Gasteiger partial charge < -0.3 is 14.4 Å². The highest BCUT2D eigenvalue weighted by atomic mass is 32.2. The highest BCUT2D eigenvalue weighted by molar-refractivity contribution is 7.90. The van der Waals surface area contributed by atoms with Crippen LogP contribution in [0.1, 0.15) is 26.2 Å². The van der Waals surface area contributed by atoms with E-state index in [0.29, 0.717) is 29.8 Å². The fourth-order valence-corrected chi connectivity index (χ4v) is 5.16. The maximum Gasteiger partial charge on any atom is 0.409 e. The van der Waals surface area contributed by atoms with Crippen molar-refractivity contribution in [3.05, 3.63) is 42.5 Å². The number of carbonyl (C=O) groups excluding carboxylic acids is 1. The van der Waals surface area contributed by atoms with E-state index in [2.05, 4.69) is 4.98 Å². The van der Waals surface area contributed by atoms with E-state index in [1.807, 2.05) is 37.3 Å². The van der Waals surface area contributed by atoms with Crippen molar-refractivity contribution in [3.63, 3.8) is 0 Å². The normalized spacial score (nSPS) is 15.1. The molecule has 32 heavy (non-hydrogen) atoms. The van der Waals surface area contributed by atoms with Crippen LogP contribution in [-0.2, 0) is 14.6 Å². The van der Waals surface area contributed by atoms with Crippen LogP contribution in [0.25, 0.3) is 21.3 Å². The number of benzene rings is 2. The fraction of sp³-hybridized carbons (Fsp3) is 0.391. The van der Waals surface area contributed by atoms with Gasteiger partial charge in [0.25, 0.3) is 5.19 Å². The molecule has 1 amide bonds. The molecule has 0 unspecified atom stereocenters. The first kappa shape index (κ1) is 22.5. The molecule has 7 nitrogen and oxygen atoms in total. The molecule has 0 spiro atoms. The summed E-state index contributed by atoms with van der Waals surface area (Å²) < 4.78 is 35.7. The van der Waals surface area contributed by atoms with Gasteiger partial charge in [0.1, 0.15) is 6.10 Å². The lowest BCUT2D eigenvalue weighted by Crippen LogP contribution is -2.42. The molecule has 1 aliphatic heterocycles. The summed E-state index contributed by atoms with van der Waals surface area (Å²) in [5.41, 5.74) is 2.80. The molecule has 2 heterocycles.